The molecule has 0 saturated carbocycles. The van der Waals surface area contributed by atoms with Crippen LogP contribution in [0.25, 0.3) is 10.9 Å². The Morgan fingerprint density at radius 1 is 1.12 bits per heavy atom. The summed E-state index contributed by atoms with van der Waals surface area (Å²) in [7, 11) is 0. The van der Waals surface area contributed by atoms with Gasteiger partial charge in [0.2, 0.25) is 5.91 Å². The number of carbonyl (C=O) groups is 3. The summed E-state index contributed by atoms with van der Waals surface area (Å²) in [4.78, 5) is 35.9. The minimum atomic E-state index is -1.05. The van der Waals surface area contributed by atoms with Crippen molar-refractivity contribution in [3.05, 3.63) is 65.4 Å². The van der Waals surface area contributed by atoms with Gasteiger partial charge in [0.1, 0.15) is 0 Å². The second-order valence-corrected chi connectivity index (χ2v) is 5.98. The van der Waals surface area contributed by atoms with Gasteiger partial charge in [-0.1, -0.05) is 25.1 Å². The number of anilines is 1. The second-order valence-electron chi connectivity index (χ2n) is 5.98. The molecule has 0 aliphatic heterocycles. The van der Waals surface area contributed by atoms with Gasteiger partial charge < -0.3 is 10.4 Å². The fraction of sp³-hybridized carbons (Fsp3) is 0.150. The van der Waals surface area contributed by atoms with Crippen LogP contribution in [-0.2, 0) is 6.42 Å². The van der Waals surface area contributed by atoms with Crippen molar-refractivity contribution in [2.24, 2.45) is 0 Å². The summed E-state index contributed by atoms with van der Waals surface area (Å²) >= 11 is 0. The van der Waals surface area contributed by atoms with Gasteiger partial charge >= 0.3 is 5.97 Å². The molecule has 26 heavy (non-hydrogen) atoms. The van der Waals surface area contributed by atoms with E-state index in [0.717, 1.165) is 5.56 Å². The van der Waals surface area contributed by atoms with E-state index in [4.69, 9.17) is 0 Å². The molecule has 0 saturated heterocycles. The molecule has 3 rings (SSSR count). The van der Waals surface area contributed by atoms with Gasteiger partial charge in [0, 0.05) is 24.2 Å². The van der Waals surface area contributed by atoms with E-state index in [-0.39, 0.29) is 11.5 Å². The summed E-state index contributed by atoms with van der Waals surface area (Å²) in [6.07, 6.45) is 2.15. The van der Waals surface area contributed by atoms with Crippen LogP contribution in [0.3, 0.4) is 0 Å². The number of amides is 1. The van der Waals surface area contributed by atoms with Crippen LogP contribution < -0.4 is 5.32 Å². The molecule has 0 fully saturated rings. The van der Waals surface area contributed by atoms with Crippen LogP contribution in [0, 0.1) is 0 Å². The molecule has 6 nitrogen and oxygen atoms in total. The normalized spacial score (nSPS) is 10.7. The topological polar surface area (TPSA) is 88.4 Å². The second kappa shape index (κ2) is 6.84. The first-order chi connectivity index (χ1) is 12.4. The standard InChI is InChI=1S/C20H18N2O4/c1-3-13-8-14(20(25)26)10-15(9-13)21-19(24)17-11-22(12(2)23)18-7-5-4-6-16(17)18/h4-11H,3H2,1-2H3,(H,21,24)(H,25,26). The van der Waals surface area contributed by atoms with Gasteiger partial charge in [0.15, 0.2) is 0 Å². The minimum Gasteiger partial charge on any atom is -0.478 e. The third kappa shape index (κ3) is 3.21. The molecule has 0 radical (unpaired) electrons. The Morgan fingerprint density at radius 2 is 1.85 bits per heavy atom. The van der Waals surface area contributed by atoms with E-state index in [1.54, 1.807) is 36.4 Å². The lowest BCUT2D eigenvalue weighted by Gasteiger charge is -2.08. The predicted molar refractivity (Wildman–Crippen MR) is 99.0 cm³/mol. The zero-order chi connectivity index (χ0) is 18.8. The van der Waals surface area contributed by atoms with Crippen LogP contribution in [0.5, 0.6) is 0 Å². The highest BCUT2D eigenvalue weighted by Gasteiger charge is 2.17. The number of benzene rings is 2. The monoisotopic (exact) mass is 350 g/mol. The van der Waals surface area contributed by atoms with Gasteiger partial charge in [-0.25, -0.2) is 4.79 Å². The van der Waals surface area contributed by atoms with Gasteiger partial charge in [-0.3, -0.25) is 14.2 Å². The Kier molecular flexibility index (Phi) is 4.58. The molecule has 1 amide bonds. The highest BCUT2D eigenvalue weighted by molar-refractivity contribution is 6.14. The van der Waals surface area contributed by atoms with Gasteiger partial charge in [-0.15, -0.1) is 0 Å². The number of aromatic nitrogens is 1. The van der Waals surface area contributed by atoms with E-state index < -0.39 is 11.9 Å². The van der Waals surface area contributed by atoms with Crippen molar-refractivity contribution in [3.63, 3.8) is 0 Å². The SMILES string of the molecule is CCc1cc(NC(=O)c2cn(C(C)=O)c3ccccc23)cc(C(=O)O)c1. The molecule has 0 bridgehead atoms. The van der Waals surface area contributed by atoms with Crippen LogP contribution in [0.2, 0.25) is 0 Å². The minimum absolute atomic E-state index is 0.116. The molecular weight excluding hydrogens is 332 g/mol. The number of rotatable bonds is 4. The van der Waals surface area contributed by atoms with Crippen LogP contribution in [-0.4, -0.2) is 27.5 Å². The fourth-order valence-corrected chi connectivity index (χ4v) is 2.91. The van der Waals surface area contributed by atoms with Crippen LogP contribution in [0.15, 0.2) is 48.7 Å². The van der Waals surface area contributed by atoms with Crippen LogP contribution in [0.1, 0.15) is 44.9 Å². The molecule has 3 aromatic rings. The number of hydrogen-bond donors (Lipinski definition) is 2. The maximum Gasteiger partial charge on any atom is 0.335 e. The third-order valence-corrected chi connectivity index (χ3v) is 4.20. The average Bonchev–Trinajstić information content (AvgIpc) is 3.01. The number of hydrogen-bond acceptors (Lipinski definition) is 3. The maximum atomic E-state index is 12.8. The summed E-state index contributed by atoms with van der Waals surface area (Å²) < 4.78 is 1.43. The van der Waals surface area contributed by atoms with E-state index in [1.165, 1.54) is 23.8 Å². The number of fused-ring (bicyclic) bond motifs is 1. The summed E-state index contributed by atoms with van der Waals surface area (Å²) in [6, 6.07) is 11.9. The van der Waals surface area contributed by atoms with E-state index >= 15 is 0 Å². The Morgan fingerprint density at radius 3 is 2.50 bits per heavy atom. The lowest BCUT2D eigenvalue weighted by Crippen LogP contribution is -2.13. The highest BCUT2D eigenvalue weighted by atomic mass is 16.4. The van der Waals surface area contributed by atoms with Crippen molar-refractivity contribution in [2.45, 2.75) is 20.3 Å². The molecule has 132 valence electrons. The first-order valence-corrected chi connectivity index (χ1v) is 8.20. The quantitative estimate of drug-likeness (QED) is 0.749. The van der Waals surface area contributed by atoms with Crippen molar-refractivity contribution >= 4 is 34.4 Å². The lowest BCUT2D eigenvalue weighted by molar-refractivity contribution is 0.0696. The summed E-state index contributed by atoms with van der Waals surface area (Å²) in [6.45, 7) is 3.34. The predicted octanol–water partition coefficient (Wildman–Crippen LogP) is 3.81. The number of nitrogens with one attached hydrogen (secondary N) is 1. The molecule has 0 unspecified atom stereocenters. The molecule has 1 aromatic heterocycles. The maximum absolute atomic E-state index is 12.8. The Labute approximate surface area is 150 Å². The van der Waals surface area contributed by atoms with Crippen molar-refractivity contribution in [1.82, 2.24) is 4.57 Å². The first kappa shape index (κ1) is 17.4. The van der Waals surface area contributed by atoms with E-state index in [9.17, 15) is 19.5 Å². The smallest absolute Gasteiger partial charge is 0.335 e. The summed E-state index contributed by atoms with van der Waals surface area (Å²) in [5.74, 6) is -1.64. The van der Waals surface area contributed by atoms with E-state index in [2.05, 4.69) is 5.32 Å². The van der Waals surface area contributed by atoms with Crippen molar-refractivity contribution < 1.29 is 19.5 Å². The molecule has 1 heterocycles. The molecule has 2 N–H and O–H groups in total. The number of carboxylic acids is 1. The number of nitrogens with zero attached hydrogens (tertiary/aromatic N) is 1. The fourth-order valence-electron chi connectivity index (χ4n) is 2.91. The van der Waals surface area contributed by atoms with Crippen molar-refractivity contribution in [1.29, 1.82) is 0 Å². The van der Waals surface area contributed by atoms with E-state index in [0.29, 0.717) is 28.6 Å². The summed E-state index contributed by atoms with van der Waals surface area (Å²) in [5, 5.41) is 12.6. The van der Waals surface area contributed by atoms with Crippen molar-refractivity contribution in [3.8, 4) is 0 Å². The Balaban J connectivity index is 2.01. The molecule has 2 aromatic carbocycles. The zero-order valence-corrected chi connectivity index (χ0v) is 14.4. The number of aryl methyl sites for hydroxylation is 1. The largest absolute Gasteiger partial charge is 0.478 e. The van der Waals surface area contributed by atoms with Crippen LogP contribution in [0.4, 0.5) is 5.69 Å². The number of aromatic carboxylic acids is 1. The number of para-hydroxylation sites is 1. The molecular formula is C20H18N2O4. The number of carboxylic acid groups (broad SMARTS) is 1. The Hall–Kier alpha value is -3.41. The van der Waals surface area contributed by atoms with Crippen LogP contribution >= 0.6 is 0 Å². The molecule has 0 aliphatic rings. The van der Waals surface area contributed by atoms with Gasteiger partial charge in [0.25, 0.3) is 5.91 Å². The Bertz CT molecular complexity index is 1030. The van der Waals surface area contributed by atoms with Gasteiger partial charge in [-0.2, -0.15) is 0 Å². The lowest BCUT2D eigenvalue weighted by atomic mass is 10.1. The third-order valence-electron chi connectivity index (χ3n) is 4.20. The average molecular weight is 350 g/mol. The molecule has 0 spiro atoms. The van der Waals surface area contributed by atoms with Crippen molar-refractivity contribution in [2.75, 3.05) is 5.32 Å². The number of carbonyl (C=O) groups excluding carboxylic acids is 2. The van der Waals surface area contributed by atoms with Gasteiger partial charge in [0.05, 0.1) is 16.6 Å². The molecule has 0 atom stereocenters. The molecule has 6 heteroatoms. The van der Waals surface area contributed by atoms with Gasteiger partial charge in [-0.05, 0) is 36.2 Å². The highest BCUT2D eigenvalue weighted by Crippen LogP contribution is 2.23. The zero-order valence-electron chi connectivity index (χ0n) is 14.4. The summed E-state index contributed by atoms with van der Waals surface area (Å²) in [5.41, 5.74) is 2.34. The molecule has 0 aliphatic carbocycles. The van der Waals surface area contributed by atoms with E-state index in [1.807, 2.05) is 6.92 Å². The first-order valence-electron chi connectivity index (χ1n) is 8.20.